The zero-order valence-corrected chi connectivity index (χ0v) is 20.7. The summed E-state index contributed by atoms with van der Waals surface area (Å²) in [6.07, 6.45) is 0. The summed E-state index contributed by atoms with van der Waals surface area (Å²) < 4.78 is 59.1. The summed E-state index contributed by atoms with van der Waals surface area (Å²) in [5.74, 6) is 0.557. The molecule has 2 heterocycles. The molecule has 4 rings (SSSR count). The Hall–Kier alpha value is -3.80. The SMILES string of the molecule is CCOc1cc(C)c(F)cc1S(=O)(=O)Nc1noc2cc(Nc3cc(C(C)C)[nH]n3)c(OC)cc12. The second kappa shape index (κ2) is 9.45. The standard InChI is InChI=1S/C23H26FN5O5S/c1-6-33-20-7-13(4)15(24)9-21(20)35(30,31)29-23-14-8-19(32-5)17(10-18(14)34-28-23)25-22-11-16(12(2)3)26-27-22/h7-12H,6H2,1-5H3,(H,28,29)(H2,25,26,27). The number of rotatable bonds is 9. The first-order chi connectivity index (χ1) is 16.6. The molecule has 35 heavy (non-hydrogen) atoms. The van der Waals surface area contributed by atoms with E-state index >= 15 is 0 Å². The maximum absolute atomic E-state index is 14.2. The Kier molecular flexibility index (Phi) is 6.57. The number of H-pyrrole nitrogens is 1. The third kappa shape index (κ3) is 4.87. The average molecular weight is 504 g/mol. The predicted molar refractivity (Wildman–Crippen MR) is 130 cm³/mol. The predicted octanol–water partition coefficient (Wildman–Crippen LogP) is 5.07. The smallest absolute Gasteiger partial charge is 0.266 e. The van der Waals surface area contributed by atoms with Crippen LogP contribution in [0, 0.1) is 12.7 Å². The molecular weight excluding hydrogens is 477 g/mol. The Morgan fingerprint density at radius 3 is 2.60 bits per heavy atom. The van der Waals surface area contributed by atoms with E-state index < -0.39 is 15.8 Å². The van der Waals surface area contributed by atoms with Crippen LogP contribution in [0.5, 0.6) is 11.5 Å². The van der Waals surface area contributed by atoms with Crippen LogP contribution in [0.1, 0.15) is 37.9 Å². The molecule has 0 aliphatic carbocycles. The topological polar surface area (TPSA) is 131 Å². The highest BCUT2D eigenvalue weighted by atomic mass is 32.2. The van der Waals surface area contributed by atoms with Gasteiger partial charge in [-0.1, -0.05) is 19.0 Å². The Morgan fingerprint density at radius 1 is 1.17 bits per heavy atom. The Labute approximate surface area is 201 Å². The molecule has 0 saturated carbocycles. The van der Waals surface area contributed by atoms with Crippen molar-refractivity contribution in [3.63, 3.8) is 0 Å². The van der Waals surface area contributed by atoms with Crippen LogP contribution in [0.4, 0.5) is 21.7 Å². The van der Waals surface area contributed by atoms with E-state index in [0.717, 1.165) is 11.8 Å². The minimum atomic E-state index is -4.26. The molecule has 0 unspecified atom stereocenters. The van der Waals surface area contributed by atoms with Gasteiger partial charge in [0.15, 0.2) is 17.2 Å². The molecule has 2 aromatic heterocycles. The van der Waals surface area contributed by atoms with Gasteiger partial charge in [0.25, 0.3) is 10.0 Å². The van der Waals surface area contributed by atoms with Crippen LogP contribution in [0.2, 0.25) is 0 Å². The minimum absolute atomic E-state index is 0.0375. The highest BCUT2D eigenvalue weighted by molar-refractivity contribution is 7.92. The molecule has 12 heteroatoms. The number of benzene rings is 2. The van der Waals surface area contributed by atoms with Gasteiger partial charge in [-0.3, -0.25) is 9.82 Å². The van der Waals surface area contributed by atoms with Crippen molar-refractivity contribution in [2.24, 2.45) is 0 Å². The number of sulfonamides is 1. The molecule has 186 valence electrons. The molecule has 3 N–H and O–H groups in total. The first-order valence-corrected chi connectivity index (χ1v) is 12.4. The average Bonchev–Trinajstić information content (AvgIpc) is 3.42. The fraction of sp³-hybridized carbons (Fsp3) is 0.304. The quantitative estimate of drug-likeness (QED) is 0.288. The van der Waals surface area contributed by atoms with Crippen LogP contribution < -0.4 is 19.5 Å². The fourth-order valence-electron chi connectivity index (χ4n) is 3.44. The summed E-state index contributed by atoms with van der Waals surface area (Å²) in [7, 11) is -2.78. The number of nitrogens with one attached hydrogen (secondary N) is 3. The minimum Gasteiger partial charge on any atom is -0.495 e. The number of methoxy groups -OCH3 is 1. The van der Waals surface area contributed by atoms with E-state index in [4.69, 9.17) is 14.0 Å². The number of fused-ring (bicyclic) bond motifs is 1. The molecule has 0 aliphatic rings. The van der Waals surface area contributed by atoms with Gasteiger partial charge in [0.2, 0.25) is 0 Å². The highest BCUT2D eigenvalue weighted by Crippen LogP contribution is 2.37. The Bertz CT molecular complexity index is 1480. The summed E-state index contributed by atoms with van der Waals surface area (Å²) in [5.41, 5.74) is 2.07. The van der Waals surface area contributed by atoms with Crippen molar-refractivity contribution >= 4 is 38.3 Å². The van der Waals surface area contributed by atoms with Crippen LogP contribution >= 0.6 is 0 Å². The van der Waals surface area contributed by atoms with Gasteiger partial charge in [-0.05, 0) is 43.5 Å². The monoisotopic (exact) mass is 503 g/mol. The lowest BCUT2D eigenvalue weighted by Crippen LogP contribution is -2.15. The van der Waals surface area contributed by atoms with Gasteiger partial charge in [-0.2, -0.15) is 5.10 Å². The van der Waals surface area contributed by atoms with Gasteiger partial charge in [-0.15, -0.1) is 0 Å². The first kappa shape index (κ1) is 24.3. The van der Waals surface area contributed by atoms with E-state index in [9.17, 15) is 12.8 Å². The van der Waals surface area contributed by atoms with Crippen LogP contribution in [-0.2, 0) is 10.0 Å². The number of hydrogen-bond donors (Lipinski definition) is 3. The highest BCUT2D eigenvalue weighted by Gasteiger charge is 2.25. The van der Waals surface area contributed by atoms with E-state index in [0.29, 0.717) is 28.2 Å². The second-order valence-electron chi connectivity index (χ2n) is 8.15. The molecule has 2 aromatic carbocycles. The maximum atomic E-state index is 14.2. The molecule has 4 aromatic rings. The van der Waals surface area contributed by atoms with Crippen molar-refractivity contribution in [3.8, 4) is 11.5 Å². The van der Waals surface area contributed by atoms with E-state index in [1.807, 2.05) is 19.9 Å². The number of aryl methyl sites for hydroxylation is 1. The van der Waals surface area contributed by atoms with Crippen molar-refractivity contribution < 1.29 is 26.8 Å². The van der Waals surface area contributed by atoms with Crippen LogP contribution in [-0.4, -0.2) is 37.5 Å². The van der Waals surface area contributed by atoms with Gasteiger partial charge in [-0.25, -0.2) is 12.8 Å². The van der Waals surface area contributed by atoms with Crippen LogP contribution in [0.3, 0.4) is 0 Å². The van der Waals surface area contributed by atoms with Gasteiger partial charge >= 0.3 is 0 Å². The number of halogens is 1. The lowest BCUT2D eigenvalue weighted by molar-refractivity contribution is 0.330. The van der Waals surface area contributed by atoms with Crippen molar-refractivity contribution in [2.45, 2.75) is 38.5 Å². The number of aromatic nitrogens is 3. The van der Waals surface area contributed by atoms with Crippen molar-refractivity contribution in [3.05, 3.63) is 47.4 Å². The largest absolute Gasteiger partial charge is 0.495 e. The third-order valence-electron chi connectivity index (χ3n) is 5.32. The number of aromatic amines is 1. The van der Waals surface area contributed by atoms with Crippen LogP contribution in [0.25, 0.3) is 11.0 Å². The second-order valence-corrected chi connectivity index (χ2v) is 9.81. The van der Waals surface area contributed by atoms with Gasteiger partial charge in [0, 0.05) is 17.8 Å². The number of anilines is 3. The summed E-state index contributed by atoms with van der Waals surface area (Å²) in [5, 5.41) is 14.6. The van der Waals surface area contributed by atoms with Crippen molar-refractivity contribution in [2.75, 3.05) is 23.8 Å². The molecule has 0 fully saturated rings. The van der Waals surface area contributed by atoms with Gasteiger partial charge in [0.1, 0.15) is 22.2 Å². The zero-order chi connectivity index (χ0) is 25.3. The van der Waals surface area contributed by atoms with Gasteiger partial charge < -0.3 is 19.3 Å². The molecule has 0 bridgehead atoms. The molecule has 10 nitrogen and oxygen atoms in total. The maximum Gasteiger partial charge on any atom is 0.266 e. The van der Waals surface area contributed by atoms with E-state index in [2.05, 4.69) is 25.4 Å². The lowest BCUT2D eigenvalue weighted by Gasteiger charge is -2.13. The molecule has 0 spiro atoms. The lowest BCUT2D eigenvalue weighted by atomic mass is 10.1. The Morgan fingerprint density at radius 2 is 1.94 bits per heavy atom. The first-order valence-electron chi connectivity index (χ1n) is 10.9. The van der Waals surface area contributed by atoms with Crippen molar-refractivity contribution in [1.82, 2.24) is 15.4 Å². The molecule has 0 saturated heterocycles. The fourth-order valence-corrected chi connectivity index (χ4v) is 4.59. The van der Waals surface area contributed by atoms with E-state index in [-0.39, 0.29) is 34.6 Å². The Balaban J connectivity index is 1.69. The molecule has 0 amide bonds. The number of nitrogens with zero attached hydrogens (tertiary/aromatic N) is 2. The molecular formula is C23H26FN5O5S. The summed E-state index contributed by atoms with van der Waals surface area (Å²) in [4.78, 5) is -0.344. The summed E-state index contributed by atoms with van der Waals surface area (Å²) >= 11 is 0. The van der Waals surface area contributed by atoms with Gasteiger partial charge in [0.05, 0.1) is 24.8 Å². The summed E-state index contributed by atoms with van der Waals surface area (Å²) in [6.45, 7) is 7.53. The van der Waals surface area contributed by atoms with E-state index in [1.54, 1.807) is 19.1 Å². The van der Waals surface area contributed by atoms with Crippen molar-refractivity contribution in [1.29, 1.82) is 0 Å². The third-order valence-corrected chi connectivity index (χ3v) is 6.68. The zero-order valence-electron chi connectivity index (χ0n) is 19.9. The number of ether oxygens (including phenoxy) is 2. The van der Waals surface area contributed by atoms with Crippen LogP contribution in [0.15, 0.2) is 39.8 Å². The summed E-state index contributed by atoms with van der Waals surface area (Å²) in [6, 6.07) is 7.35. The molecule has 0 atom stereocenters. The molecule has 0 aliphatic heterocycles. The van der Waals surface area contributed by atoms with E-state index in [1.165, 1.54) is 20.1 Å². The molecule has 0 radical (unpaired) electrons. The number of hydrogen-bond acceptors (Lipinski definition) is 8. The normalized spacial score (nSPS) is 11.7.